The minimum atomic E-state index is -0.985. The number of carboxylic acids is 1. The molecule has 5 heteroatoms. The van der Waals surface area contributed by atoms with Gasteiger partial charge in [-0.05, 0) is 55.8 Å². The summed E-state index contributed by atoms with van der Waals surface area (Å²) in [5, 5.41) is 9.03. The van der Waals surface area contributed by atoms with Crippen molar-refractivity contribution in [3.63, 3.8) is 0 Å². The Morgan fingerprint density at radius 1 is 1.19 bits per heavy atom. The zero-order chi connectivity index (χ0) is 15.1. The summed E-state index contributed by atoms with van der Waals surface area (Å²) in [4.78, 5) is 15.4. The molecule has 0 aliphatic heterocycles. The van der Waals surface area contributed by atoms with Crippen LogP contribution in [0.1, 0.15) is 21.7 Å². The molecule has 0 amide bonds. The zero-order valence-electron chi connectivity index (χ0n) is 11.6. The molecular formula is C16H13FN2O2. The van der Waals surface area contributed by atoms with Gasteiger partial charge in [0.15, 0.2) is 0 Å². The predicted octanol–water partition coefficient (Wildman–Crippen LogP) is 3.48. The first kappa shape index (κ1) is 13.3. The lowest BCUT2D eigenvalue weighted by molar-refractivity contribution is 0.0697. The number of halogens is 1. The van der Waals surface area contributed by atoms with E-state index in [1.54, 1.807) is 31.2 Å². The number of aromatic nitrogens is 2. The number of hydrogen-bond acceptors (Lipinski definition) is 2. The third-order valence-electron chi connectivity index (χ3n) is 3.47. The number of fused-ring (bicyclic) bond motifs is 1. The molecule has 0 saturated carbocycles. The van der Waals surface area contributed by atoms with Crippen molar-refractivity contribution in [3.8, 4) is 5.69 Å². The van der Waals surface area contributed by atoms with Gasteiger partial charge < -0.3 is 5.11 Å². The van der Waals surface area contributed by atoms with Crippen LogP contribution in [-0.4, -0.2) is 20.6 Å². The van der Waals surface area contributed by atoms with Crippen molar-refractivity contribution in [2.45, 2.75) is 13.8 Å². The van der Waals surface area contributed by atoms with E-state index in [1.165, 1.54) is 12.1 Å². The van der Waals surface area contributed by atoms with E-state index in [9.17, 15) is 9.18 Å². The number of hydrogen-bond donors (Lipinski definition) is 1. The highest BCUT2D eigenvalue weighted by Gasteiger charge is 2.12. The minimum Gasteiger partial charge on any atom is -0.478 e. The van der Waals surface area contributed by atoms with Crippen molar-refractivity contribution in [3.05, 3.63) is 59.2 Å². The van der Waals surface area contributed by atoms with E-state index >= 15 is 0 Å². The molecule has 21 heavy (non-hydrogen) atoms. The Labute approximate surface area is 120 Å². The normalized spacial score (nSPS) is 11.0. The molecule has 0 fully saturated rings. The number of carbonyl (C=O) groups is 1. The molecule has 2 aromatic carbocycles. The number of imidazole rings is 1. The predicted molar refractivity (Wildman–Crippen MR) is 77.5 cm³/mol. The van der Waals surface area contributed by atoms with E-state index < -0.39 is 5.97 Å². The molecule has 0 aliphatic carbocycles. The molecule has 1 heterocycles. The Hall–Kier alpha value is -2.69. The Morgan fingerprint density at radius 2 is 1.95 bits per heavy atom. The Balaban J connectivity index is 2.25. The van der Waals surface area contributed by atoms with Gasteiger partial charge in [0.2, 0.25) is 0 Å². The average molecular weight is 284 g/mol. The van der Waals surface area contributed by atoms with Crippen molar-refractivity contribution >= 4 is 17.0 Å². The van der Waals surface area contributed by atoms with Gasteiger partial charge in [0.25, 0.3) is 0 Å². The van der Waals surface area contributed by atoms with E-state index in [0.29, 0.717) is 11.1 Å². The second kappa shape index (κ2) is 4.70. The lowest BCUT2D eigenvalue weighted by Crippen LogP contribution is -1.99. The fourth-order valence-corrected chi connectivity index (χ4v) is 2.43. The van der Waals surface area contributed by atoms with Gasteiger partial charge >= 0.3 is 5.97 Å². The maximum absolute atomic E-state index is 13.4. The topological polar surface area (TPSA) is 55.1 Å². The fourth-order valence-electron chi connectivity index (χ4n) is 2.43. The summed E-state index contributed by atoms with van der Waals surface area (Å²) in [6.45, 7) is 3.54. The summed E-state index contributed by atoms with van der Waals surface area (Å²) in [6, 6.07) is 9.64. The van der Waals surface area contributed by atoms with Gasteiger partial charge in [-0.1, -0.05) is 0 Å². The monoisotopic (exact) mass is 284 g/mol. The van der Waals surface area contributed by atoms with E-state index in [4.69, 9.17) is 5.11 Å². The summed E-state index contributed by atoms with van der Waals surface area (Å²) in [5.41, 5.74) is 2.95. The van der Waals surface area contributed by atoms with Gasteiger partial charge in [0.05, 0.1) is 16.6 Å². The number of benzene rings is 2. The summed E-state index contributed by atoms with van der Waals surface area (Å²) in [7, 11) is 0. The van der Waals surface area contributed by atoms with Crippen LogP contribution in [0.5, 0.6) is 0 Å². The van der Waals surface area contributed by atoms with Crippen molar-refractivity contribution < 1.29 is 14.3 Å². The highest BCUT2D eigenvalue weighted by Crippen LogP contribution is 2.23. The van der Waals surface area contributed by atoms with Crippen LogP contribution in [0.15, 0.2) is 36.4 Å². The molecule has 0 unspecified atom stereocenters. The number of rotatable bonds is 2. The van der Waals surface area contributed by atoms with Crippen LogP contribution in [-0.2, 0) is 0 Å². The molecule has 1 aromatic heterocycles. The van der Waals surface area contributed by atoms with Crippen LogP contribution in [0.3, 0.4) is 0 Å². The van der Waals surface area contributed by atoms with Crippen molar-refractivity contribution in [2.24, 2.45) is 0 Å². The van der Waals surface area contributed by atoms with Gasteiger partial charge in [-0.3, -0.25) is 4.57 Å². The molecule has 0 aliphatic rings. The van der Waals surface area contributed by atoms with Crippen LogP contribution in [0.25, 0.3) is 16.7 Å². The smallest absolute Gasteiger partial charge is 0.335 e. The molecule has 106 valence electrons. The maximum atomic E-state index is 13.4. The maximum Gasteiger partial charge on any atom is 0.335 e. The van der Waals surface area contributed by atoms with Crippen molar-refractivity contribution in [1.82, 2.24) is 9.55 Å². The van der Waals surface area contributed by atoms with Crippen LogP contribution in [0, 0.1) is 19.7 Å². The van der Waals surface area contributed by atoms with Gasteiger partial charge in [0, 0.05) is 5.69 Å². The summed E-state index contributed by atoms with van der Waals surface area (Å²) in [6.07, 6.45) is 0. The summed E-state index contributed by atoms with van der Waals surface area (Å²) in [5.74, 6) is -0.519. The molecule has 0 radical (unpaired) electrons. The van der Waals surface area contributed by atoms with Gasteiger partial charge in [0.1, 0.15) is 11.6 Å². The SMILES string of the molecule is Cc1cc(-n2c(C)nc3cc(C(=O)O)ccc32)ccc1F. The molecule has 0 saturated heterocycles. The Morgan fingerprint density at radius 3 is 2.62 bits per heavy atom. The summed E-state index contributed by atoms with van der Waals surface area (Å²) < 4.78 is 15.3. The third-order valence-corrected chi connectivity index (χ3v) is 3.47. The largest absolute Gasteiger partial charge is 0.478 e. The molecule has 3 aromatic rings. The molecule has 4 nitrogen and oxygen atoms in total. The average Bonchev–Trinajstić information content (AvgIpc) is 2.76. The standard InChI is InChI=1S/C16H13FN2O2/c1-9-7-12(4-5-13(9)17)19-10(2)18-14-8-11(16(20)21)3-6-15(14)19/h3-8H,1-2H3,(H,20,21). The second-order valence-corrected chi connectivity index (χ2v) is 4.94. The highest BCUT2D eigenvalue weighted by atomic mass is 19.1. The van der Waals surface area contributed by atoms with Gasteiger partial charge in [-0.25, -0.2) is 14.2 Å². The fraction of sp³-hybridized carbons (Fsp3) is 0.125. The van der Waals surface area contributed by atoms with Crippen molar-refractivity contribution in [2.75, 3.05) is 0 Å². The quantitative estimate of drug-likeness (QED) is 0.783. The van der Waals surface area contributed by atoms with Crippen LogP contribution < -0.4 is 0 Å². The van der Waals surface area contributed by atoms with Crippen LogP contribution in [0.2, 0.25) is 0 Å². The van der Waals surface area contributed by atoms with E-state index in [0.717, 1.165) is 17.0 Å². The number of carboxylic acid groups (broad SMARTS) is 1. The second-order valence-electron chi connectivity index (χ2n) is 4.94. The number of aryl methyl sites for hydroxylation is 2. The lowest BCUT2D eigenvalue weighted by Gasteiger charge is -2.08. The molecule has 3 rings (SSSR count). The van der Waals surface area contributed by atoms with E-state index in [1.807, 2.05) is 11.5 Å². The molecular weight excluding hydrogens is 271 g/mol. The van der Waals surface area contributed by atoms with Crippen LogP contribution in [0.4, 0.5) is 4.39 Å². The first-order valence-electron chi connectivity index (χ1n) is 6.46. The first-order chi connectivity index (χ1) is 9.97. The van der Waals surface area contributed by atoms with Crippen LogP contribution >= 0.6 is 0 Å². The lowest BCUT2D eigenvalue weighted by atomic mass is 10.2. The molecule has 1 N–H and O–H groups in total. The first-order valence-corrected chi connectivity index (χ1v) is 6.46. The van der Waals surface area contributed by atoms with Gasteiger partial charge in [-0.15, -0.1) is 0 Å². The van der Waals surface area contributed by atoms with Gasteiger partial charge in [-0.2, -0.15) is 0 Å². The highest BCUT2D eigenvalue weighted by molar-refractivity contribution is 5.92. The minimum absolute atomic E-state index is 0.197. The molecule has 0 bridgehead atoms. The number of aromatic carboxylic acids is 1. The molecule has 0 spiro atoms. The Bertz CT molecular complexity index is 868. The van der Waals surface area contributed by atoms with E-state index in [-0.39, 0.29) is 11.4 Å². The molecule has 0 atom stereocenters. The number of nitrogens with zero attached hydrogens (tertiary/aromatic N) is 2. The third kappa shape index (κ3) is 2.16. The zero-order valence-corrected chi connectivity index (χ0v) is 11.6. The Kier molecular flexibility index (Phi) is 2.97. The summed E-state index contributed by atoms with van der Waals surface area (Å²) >= 11 is 0. The van der Waals surface area contributed by atoms with E-state index in [2.05, 4.69) is 4.98 Å². The van der Waals surface area contributed by atoms with Crippen molar-refractivity contribution in [1.29, 1.82) is 0 Å².